The highest BCUT2D eigenvalue weighted by atomic mass is 16.1. The fraction of sp³-hybridized carbons (Fsp3) is 0.875. The molecule has 3 aliphatic carbocycles. The Hall–Kier alpha value is -0.840. The minimum Gasteiger partial charge on any atom is -0.297 e. The molecule has 3 saturated carbocycles. The Labute approximate surface area is 110 Å². The molecule has 0 saturated heterocycles. The van der Waals surface area contributed by atoms with E-state index in [0.717, 1.165) is 31.1 Å². The van der Waals surface area contributed by atoms with E-state index in [1.54, 1.807) is 0 Å². The van der Waals surface area contributed by atoms with Gasteiger partial charge < -0.3 is 0 Å². The third-order valence-electron chi connectivity index (χ3n) is 5.94. The first kappa shape index (κ1) is 12.2. The summed E-state index contributed by atoms with van der Waals surface area (Å²) in [6.45, 7) is 4.02. The zero-order valence-electron chi connectivity index (χ0n) is 11.5. The molecular formula is C16H23NO. The fourth-order valence-corrected chi connectivity index (χ4v) is 4.82. The summed E-state index contributed by atoms with van der Waals surface area (Å²) in [4.78, 5) is 12.6. The number of fused-ring (bicyclic) bond motifs is 2. The Morgan fingerprint density at radius 1 is 1.28 bits per heavy atom. The molecule has 4 unspecified atom stereocenters. The second-order valence-corrected chi connectivity index (χ2v) is 7.55. The van der Waals surface area contributed by atoms with E-state index >= 15 is 0 Å². The number of hydrogen-bond acceptors (Lipinski definition) is 2. The van der Waals surface area contributed by atoms with E-state index in [0.29, 0.717) is 5.92 Å². The van der Waals surface area contributed by atoms with Crippen LogP contribution in [0.25, 0.3) is 0 Å². The van der Waals surface area contributed by atoms with Gasteiger partial charge in [-0.3, -0.25) is 4.79 Å². The number of carbonyl (C=O) groups is 1. The summed E-state index contributed by atoms with van der Waals surface area (Å²) in [6, 6.07) is 2.42. The number of rotatable bonds is 2. The predicted molar refractivity (Wildman–Crippen MR) is 69.6 cm³/mol. The summed E-state index contributed by atoms with van der Waals surface area (Å²) in [5.74, 6) is 2.60. The van der Waals surface area contributed by atoms with Gasteiger partial charge in [0.25, 0.3) is 0 Å². The van der Waals surface area contributed by atoms with E-state index in [9.17, 15) is 10.1 Å². The van der Waals surface area contributed by atoms with Gasteiger partial charge in [-0.15, -0.1) is 0 Å². The number of nitriles is 1. The first-order valence-electron chi connectivity index (χ1n) is 7.43. The Morgan fingerprint density at radius 2 is 2.06 bits per heavy atom. The molecule has 0 aliphatic heterocycles. The van der Waals surface area contributed by atoms with E-state index < -0.39 is 5.41 Å². The van der Waals surface area contributed by atoms with Crippen LogP contribution in [0.2, 0.25) is 0 Å². The maximum atomic E-state index is 12.6. The molecule has 2 bridgehead atoms. The molecule has 2 nitrogen and oxygen atoms in total. The lowest BCUT2D eigenvalue weighted by atomic mass is 9.71. The van der Waals surface area contributed by atoms with Crippen LogP contribution < -0.4 is 0 Å². The van der Waals surface area contributed by atoms with Crippen molar-refractivity contribution in [2.75, 3.05) is 0 Å². The Morgan fingerprint density at radius 3 is 2.50 bits per heavy atom. The predicted octanol–water partition coefficient (Wildman–Crippen LogP) is 3.71. The molecule has 0 spiro atoms. The zero-order chi connectivity index (χ0) is 13.0. The second-order valence-electron chi connectivity index (χ2n) is 7.55. The molecule has 0 amide bonds. The molecule has 0 N–H and O–H groups in total. The maximum absolute atomic E-state index is 12.6. The van der Waals surface area contributed by atoms with Gasteiger partial charge in [0, 0.05) is 5.41 Å². The fourth-order valence-electron chi connectivity index (χ4n) is 4.82. The van der Waals surface area contributed by atoms with Gasteiger partial charge in [0.05, 0.1) is 6.07 Å². The van der Waals surface area contributed by atoms with Crippen molar-refractivity contribution in [2.45, 2.75) is 58.8 Å². The molecule has 0 radical (unpaired) electrons. The highest BCUT2D eigenvalue weighted by Crippen LogP contribution is 2.56. The molecular weight excluding hydrogens is 222 g/mol. The monoisotopic (exact) mass is 245 g/mol. The third kappa shape index (κ3) is 1.63. The summed E-state index contributed by atoms with van der Waals surface area (Å²) in [5, 5.41) is 9.58. The van der Waals surface area contributed by atoms with Gasteiger partial charge in [0.2, 0.25) is 0 Å². The molecule has 0 aromatic rings. The SMILES string of the molecule is CC1(C)CCC(C#N)(CC2CC3CCC2C3)C1=O. The topological polar surface area (TPSA) is 40.9 Å². The normalized spacial score (nSPS) is 45.4. The molecule has 98 valence electrons. The minimum absolute atomic E-state index is 0.222. The number of Topliss-reactive ketones (excluding diaryl/α,β-unsaturated/α-hetero) is 1. The van der Waals surface area contributed by atoms with E-state index in [1.165, 1.54) is 25.7 Å². The molecule has 0 aromatic heterocycles. The van der Waals surface area contributed by atoms with Crippen LogP contribution in [0.1, 0.15) is 58.8 Å². The standard InChI is InChI=1S/C16H23NO/c1-15(2)5-6-16(10-17,14(15)18)9-13-8-11-3-4-12(13)7-11/h11-13H,3-9H2,1-2H3. The van der Waals surface area contributed by atoms with Gasteiger partial charge >= 0.3 is 0 Å². The van der Waals surface area contributed by atoms with E-state index in [-0.39, 0.29) is 11.2 Å². The molecule has 3 fully saturated rings. The first-order valence-corrected chi connectivity index (χ1v) is 7.43. The molecule has 0 heterocycles. The lowest BCUT2D eigenvalue weighted by molar-refractivity contribution is -0.130. The Balaban J connectivity index is 1.78. The van der Waals surface area contributed by atoms with Crippen molar-refractivity contribution >= 4 is 5.78 Å². The van der Waals surface area contributed by atoms with E-state index in [4.69, 9.17) is 0 Å². The second kappa shape index (κ2) is 3.83. The summed E-state index contributed by atoms with van der Waals surface area (Å²) in [7, 11) is 0. The van der Waals surface area contributed by atoms with Gasteiger partial charge in [-0.05, 0) is 56.3 Å². The van der Waals surface area contributed by atoms with Crippen LogP contribution in [0.5, 0.6) is 0 Å². The van der Waals surface area contributed by atoms with Crippen molar-refractivity contribution in [3.63, 3.8) is 0 Å². The smallest absolute Gasteiger partial charge is 0.158 e. The lowest BCUT2D eigenvalue weighted by Crippen LogP contribution is -2.34. The molecule has 0 aromatic carbocycles. The largest absolute Gasteiger partial charge is 0.297 e. The van der Waals surface area contributed by atoms with Gasteiger partial charge in [-0.2, -0.15) is 5.26 Å². The molecule has 18 heavy (non-hydrogen) atoms. The number of nitrogens with zero attached hydrogens (tertiary/aromatic N) is 1. The van der Waals surface area contributed by atoms with Crippen LogP contribution in [-0.2, 0) is 4.79 Å². The molecule has 4 atom stereocenters. The Kier molecular flexibility index (Phi) is 2.59. The van der Waals surface area contributed by atoms with E-state index in [2.05, 4.69) is 6.07 Å². The average molecular weight is 245 g/mol. The number of hydrogen-bond donors (Lipinski definition) is 0. The van der Waals surface area contributed by atoms with Crippen molar-refractivity contribution in [2.24, 2.45) is 28.6 Å². The quantitative estimate of drug-likeness (QED) is 0.744. The van der Waals surface area contributed by atoms with Gasteiger partial charge in [-0.25, -0.2) is 0 Å². The van der Waals surface area contributed by atoms with E-state index in [1.807, 2.05) is 13.8 Å². The maximum Gasteiger partial charge on any atom is 0.158 e. The van der Waals surface area contributed by atoms with Gasteiger partial charge in [-0.1, -0.05) is 20.3 Å². The lowest BCUT2D eigenvalue weighted by Gasteiger charge is -2.29. The number of ketones is 1. The van der Waals surface area contributed by atoms with Crippen LogP contribution in [0.3, 0.4) is 0 Å². The molecule has 2 heteroatoms. The number of carbonyl (C=O) groups excluding carboxylic acids is 1. The Bertz CT molecular complexity index is 419. The third-order valence-corrected chi connectivity index (χ3v) is 5.94. The molecule has 3 rings (SSSR count). The van der Waals surface area contributed by atoms with Crippen LogP contribution in [0, 0.1) is 39.9 Å². The average Bonchev–Trinajstić information content (AvgIpc) is 3.00. The van der Waals surface area contributed by atoms with Crippen molar-refractivity contribution < 1.29 is 4.79 Å². The summed E-state index contributed by atoms with van der Waals surface area (Å²) >= 11 is 0. The van der Waals surface area contributed by atoms with Crippen LogP contribution >= 0.6 is 0 Å². The van der Waals surface area contributed by atoms with Crippen molar-refractivity contribution in [1.82, 2.24) is 0 Å². The van der Waals surface area contributed by atoms with Crippen molar-refractivity contribution in [3.05, 3.63) is 0 Å². The summed E-state index contributed by atoms with van der Waals surface area (Å²) in [6.07, 6.45) is 7.91. The van der Waals surface area contributed by atoms with Gasteiger partial charge in [0.15, 0.2) is 5.78 Å². The van der Waals surface area contributed by atoms with Crippen LogP contribution in [0.4, 0.5) is 0 Å². The minimum atomic E-state index is -0.640. The zero-order valence-corrected chi connectivity index (χ0v) is 11.5. The first-order chi connectivity index (χ1) is 8.47. The highest BCUT2D eigenvalue weighted by Gasteiger charge is 2.54. The highest BCUT2D eigenvalue weighted by molar-refractivity contribution is 5.94. The van der Waals surface area contributed by atoms with Crippen molar-refractivity contribution in [1.29, 1.82) is 5.26 Å². The summed E-state index contributed by atoms with van der Waals surface area (Å²) < 4.78 is 0. The van der Waals surface area contributed by atoms with Crippen LogP contribution in [-0.4, -0.2) is 5.78 Å². The van der Waals surface area contributed by atoms with Crippen LogP contribution in [0.15, 0.2) is 0 Å². The van der Waals surface area contributed by atoms with Gasteiger partial charge in [0.1, 0.15) is 5.41 Å². The van der Waals surface area contributed by atoms with Crippen molar-refractivity contribution in [3.8, 4) is 6.07 Å². The summed E-state index contributed by atoms with van der Waals surface area (Å²) in [5.41, 5.74) is -0.911. The molecule has 3 aliphatic rings.